The number of piperidine rings is 1. The number of aromatic nitrogens is 2. The normalized spacial score (nSPS) is 17.8. The van der Waals surface area contributed by atoms with Crippen LogP contribution in [0.1, 0.15) is 51.0 Å². The van der Waals surface area contributed by atoms with Crippen molar-refractivity contribution in [1.82, 2.24) is 14.7 Å². The van der Waals surface area contributed by atoms with Crippen molar-refractivity contribution in [3.63, 3.8) is 0 Å². The molecule has 0 aromatic carbocycles. The summed E-state index contributed by atoms with van der Waals surface area (Å²) >= 11 is 0. The predicted molar refractivity (Wildman–Crippen MR) is 75.9 cm³/mol. The molecule has 0 bridgehead atoms. The third-order valence-corrected chi connectivity index (χ3v) is 3.66. The van der Waals surface area contributed by atoms with Gasteiger partial charge in [-0.05, 0) is 39.5 Å². The van der Waals surface area contributed by atoms with E-state index in [1.807, 2.05) is 25.7 Å². The second-order valence-electron chi connectivity index (χ2n) is 6.51. The van der Waals surface area contributed by atoms with E-state index in [-0.39, 0.29) is 11.4 Å². The number of carbonyl (C=O) groups is 1. The number of anilines is 1. The molecule has 5 nitrogen and oxygen atoms in total. The zero-order valence-corrected chi connectivity index (χ0v) is 12.3. The first-order chi connectivity index (χ1) is 8.79. The number of nitrogens with zero attached hydrogens (tertiary/aromatic N) is 3. The zero-order valence-electron chi connectivity index (χ0n) is 12.3. The van der Waals surface area contributed by atoms with Gasteiger partial charge in [-0.25, -0.2) is 4.68 Å². The minimum absolute atomic E-state index is 0.00148. The van der Waals surface area contributed by atoms with Gasteiger partial charge in [0.2, 0.25) is 0 Å². The Morgan fingerprint density at radius 3 is 2.42 bits per heavy atom. The van der Waals surface area contributed by atoms with Gasteiger partial charge in [-0.3, -0.25) is 4.79 Å². The van der Waals surface area contributed by atoms with Gasteiger partial charge in [-0.15, -0.1) is 0 Å². The topological polar surface area (TPSA) is 64.2 Å². The molecule has 0 spiro atoms. The van der Waals surface area contributed by atoms with Crippen molar-refractivity contribution < 1.29 is 4.79 Å². The van der Waals surface area contributed by atoms with Crippen molar-refractivity contribution in [1.29, 1.82) is 0 Å². The van der Waals surface area contributed by atoms with Crippen molar-refractivity contribution in [2.45, 2.75) is 46.1 Å². The molecule has 1 fully saturated rings. The van der Waals surface area contributed by atoms with Gasteiger partial charge in [-0.1, -0.05) is 6.92 Å². The Bertz CT molecular complexity index is 464. The van der Waals surface area contributed by atoms with Crippen LogP contribution in [-0.2, 0) is 5.54 Å². The van der Waals surface area contributed by atoms with Crippen LogP contribution >= 0.6 is 0 Å². The Balaban J connectivity index is 2.16. The number of hydrogen-bond acceptors (Lipinski definition) is 3. The average Bonchev–Trinajstić information content (AvgIpc) is 2.71. The van der Waals surface area contributed by atoms with Crippen LogP contribution in [0.2, 0.25) is 0 Å². The molecule has 1 aliphatic rings. The predicted octanol–water partition coefficient (Wildman–Crippen LogP) is 2.09. The highest BCUT2D eigenvalue weighted by Gasteiger charge is 2.26. The lowest BCUT2D eigenvalue weighted by atomic mass is 9.99. The van der Waals surface area contributed by atoms with Crippen LogP contribution in [0.15, 0.2) is 6.07 Å². The van der Waals surface area contributed by atoms with Gasteiger partial charge in [0.1, 0.15) is 5.82 Å². The molecular weight excluding hydrogens is 240 g/mol. The van der Waals surface area contributed by atoms with Gasteiger partial charge in [-0.2, -0.15) is 5.10 Å². The maximum Gasteiger partial charge on any atom is 0.274 e. The Morgan fingerprint density at radius 2 is 1.95 bits per heavy atom. The second kappa shape index (κ2) is 4.87. The second-order valence-corrected chi connectivity index (χ2v) is 6.51. The monoisotopic (exact) mass is 264 g/mol. The van der Waals surface area contributed by atoms with E-state index >= 15 is 0 Å². The lowest BCUT2D eigenvalue weighted by Crippen LogP contribution is -2.38. The maximum atomic E-state index is 12.4. The summed E-state index contributed by atoms with van der Waals surface area (Å²) in [7, 11) is 0. The molecule has 1 aromatic rings. The first-order valence-corrected chi connectivity index (χ1v) is 6.94. The van der Waals surface area contributed by atoms with E-state index in [4.69, 9.17) is 5.73 Å². The molecule has 19 heavy (non-hydrogen) atoms. The molecule has 0 unspecified atom stereocenters. The SMILES string of the molecule is CC1CCN(C(=O)c2cc(N)n(C(C)(C)C)n2)CC1. The molecular formula is C14H24N4O. The van der Waals surface area contributed by atoms with E-state index < -0.39 is 0 Å². The molecule has 2 heterocycles. The van der Waals surface area contributed by atoms with Gasteiger partial charge in [0.05, 0.1) is 5.54 Å². The molecule has 1 amide bonds. The number of likely N-dealkylation sites (tertiary alicyclic amines) is 1. The standard InChI is InChI=1S/C14H24N4O/c1-10-5-7-17(8-6-10)13(19)11-9-12(15)18(16-11)14(2,3)4/h9-10H,5-8,15H2,1-4H3. The smallest absolute Gasteiger partial charge is 0.274 e. The number of amides is 1. The van der Waals surface area contributed by atoms with Crippen LogP contribution in [0.4, 0.5) is 5.82 Å². The summed E-state index contributed by atoms with van der Waals surface area (Å²) in [6, 6.07) is 1.69. The Hall–Kier alpha value is -1.52. The van der Waals surface area contributed by atoms with Crippen molar-refractivity contribution in [2.75, 3.05) is 18.8 Å². The van der Waals surface area contributed by atoms with E-state index in [1.165, 1.54) is 0 Å². The first kappa shape index (κ1) is 13.9. The zero-order chi connectivity index (χ0) is 14.2. The minimum Gasteiger partial charge on any atom is -0.384 e. The Labute approximate surface area is 114 Å². The minimum atomic E-state index is -0.209. The molecule has 1 aliphatic heterocycles. The number of hydrogen-bond donors (Lipinski definition) is 1. The summed E-state index contributed by atoms with van der Waals surface area (Å²) in [6.45, 7) is 9.94. The van der Waals surface area contributed by atoms with Crippen molar-refractivity contribution in [2.24, 2.45) is 5.92 Å². The molecule has 0 atom stereocenters. The highest BCUT2D eigenvalue weighted by Crippen LogP contribution is 2.22. The fraction of sp³-hybridized carbons (Fsp3) is 0.714. The number of carbonyl (C=O) groups excluding carboxylic acids is 1. The molecule has 0 saturated carbocycles. The van der Waals surface area contributed by atoms with Crippen molar-refractivity contribution in [3.05, 3.63) is 11.8 Å². The average molecular weight is 264 g/mol. The van der Waals surface area contributed by atoms with Crippen LogP contribution in [-0.4, -0.2) is 33.7 Å². The van der Waals surface area contributed by atoms with Gasteiger partial charge in [0, 0.05) is 19.2 Å². The van der Waals surface area contributed by atoms with Crippen LogP contribution in [0.5, 0.6) is 0 Å². The summed E-state index contributed by atoms with van der Waals surface area (Å²) in [5, 5.41) is 4.38. The lowest BCUT2D eigenvalue weighted by Gasteiger charge is -2.29. The summed E-state index contributed by atoms with van der Waals surface area (Å²) in [4.78, 5) is 14.3. The number of nitrogens with two attached hydrogens (primary N) is 1. The number of rotatable bonds is 1. The lowest BCUT2D eigenvalue weighted by molar-refractivity contribution is 0.0689. The summed E-state index contributed by atoms with van der Waals surface area (Å²) in [5.41, 5.74) is 6.20. The summed E-state index contributed by atoms with van der Waals surface area (Å²) < 4.78 is 1.72. The van der Waals surface area contributed by atoms with E-state index in [0.717, 1.165) is 25.9 Å². The van der Waals surface area contributed by atoms with Crippen LogP contribution < -0.4 is 5.73 Å². The van der Waals surface area contributed by atoms with Crippen LogP contribution in [0.25, 0.3) is 0 Å². The largest absolute Gasteiger partial charge is 0.384 e. The summed E-state index contributed by atoms with van der Waals surface area (Å²) in [6.07, 6.45) is 2.14. The molecule has 5 heteroatoms. The van der Waals surface area contributed by atoms with Gasteiger partial charge >= 0.3 is 0 Å². The maximum absolute atomic E-state index is 12.4. The van der Waals surface area contributed by atoms with Gasteiger partial charge in [0.25, 0.3) is 5.91 Å². The van der Waals surface area contributed by atoms with E-state index in [2.05, 4.69) is 12.0 Å². The fourth-order valence-electron chi connectivity index (χ4n) is 2.41. The van der Waals surface area contributed by atoms with Gasteiger partial charge in [0.15, 0.2) is 5.69 Å². The van der Waals surface area contributed by atoms with Crippen molar-refractivity contribution >= 4 is 11.7 Å². The van der Waals surface area contributed by atoms with Crippen molar-refractivity contribution in [3.8, 4) is 0 Å². The molecule has 2 rings (SSSR count). The summed E-state index contributed by atoms with van der Waals surface area (Å²) in [5.74, 6) is 1.25. The van der Waals surface area contributed by atoms with E-state index in [0.29, 0.717) is 17.4 Å². The highest BCUT2D eigenvalue weighted by atomic mass is 16.2. The Kier molecular flexibility index (Phi) is 3.56. The highest BCUT2D eigenvalue weighted by molar-refractivity contribution is 5.93. The number of nitrogen functional groups attached to an aromatic ring is 1. The molecule has 106 valence electrons. The van der Waals surface area contributed by atoms with E-state index in [9.17, 15) is 4.79 Å². The quantitative estimate of drug-likeness (QED) is 0.844. The van der Waals surface area contributed by atoms with Crippen LogP contribution in [0, 0.1) is 5.92 Å². The van der Waals surface area contributed by atoms with Crippen LogP contribution in [0.3, 0.4) is 0 Å². The molecule has 0 radical (unpaired) electrons. The molecule has 2 N–H and O–H groups in total. The molecule has 1 aromatic heterocycles. The third kappa shape index (κ3) is 2.91. The first-order valence-electron chi connectivity index (χ1n) is 6.94. The molecule has 0 aliphatic carbocycles. The third-order valence-electron chi connectivity index (χ3n) is 3.66. The molecule has 1 saturated heterocycles. The van der Waals surface area contributed by atoms with E-state index in [1.54, 1.807) is 10.7 Å². The Morgan fingerprint density at radius 1 is 1.37 bits per heavy atom. The van der Waals surface area contributed by atoms with Gasteiger partial charge < -0.3 is 10.6 Å². The fourth-order valence-corrected chi connectivity index (χ4v) is 2.41.